The number of carbonyl (C=O) groups excluding carboxylic acids is 1. The fourth-order valence-corrected chi connectivity index (χ4v) is 2.36. The minimum atomic E-state index is -0.890. The molecule has 3 atom stereocenters. The van der Waals surface area contributed by atoms with E-state index < -0.39 is 11.9 Å². The van der Waals surface area contributed by atoms with Gasteiger partial charge in [-0.25, -0.2) is 4.79 Å². The molecule has 3 N–H and O–H groups in total. The molecule has 18 heavy (non-hydrogen) atoms. The number of carboxylic acid groups (broad SMARTS) is 1. The van der Waals surface area contributed by atoms with Crippen molar-refractivity contribution in [2.45, 2.75) is 52.0 Å². The van der Waals surface area contributed by atoms with Crippen molar-refractivity contribution >= 4 is 12.0 Å². The Morgan fingerprint density at radius 3 is 2.72 bits per heavy atom. The van der Waals surface area contributed by atoms with Gasteiger partial charge in [-0.3, -0.25) is 4.79 Å². The van der Waals surface area contributed by atoms with Crippen LogP contribution in [0, 0.1) is 11.8 Å². The van der Waals surface area contributed by atoms with Crippen LogP contribution in [-0.4, -0.2) is 29.7 Å². The van der Waals surface area contributed by atoms with Gasteiger partial charge in [-0.05, 0) is 18.8 Å². The lowest BCUT2D eigenvalue weighted by atomic mass is 9.84. The number of hydrogen-bond acceptors (Lipinski definition) is 2. The SMILES string of the molecule is CCC1CCCC(NC(=O)NCC(C)C(=O)O)C1. The lowest BCUT2D eigenvalue weighted by Gasteiger charge is -2.29. The topological polar surface area (TPSA) is 78.4 Å². The van der Waals surface area contributed by atoms with E-state index >= 15 is 0 Å². The fourth-order valence-electron chi connectivity index (χ4n) is 2.36. The molecule has 0 aliphatic heterocycles. The van der Waals surface area contributed by atoms with Gasteiger partial charge in [-0.1, -0.05) is 33.1 Å². The van der Waals surface area contributed by atoms with Crippen molar-refractivity contribution in [2.24, 2.45) is 11.8 Å². The van der Waals surface area contributed by atoms with Crippen LogP contribution in [0.4, 0.5) is 4.79 Å². The highest BCUT2D eigenvalue weighted by molar-refractivity contribution is 5.75. The minimum Gasteiger partial charge on any atom is -0.481 e. The monoisotopic (exact) mass is 256 g/mol. The van der Waals surface area contributed by atoms with Crippen LogP contribution in [0.1, 0.15) is 46.0 Å². The van der Waals surface area contributed by atoms with Gasteiger partial charge in [0.05, 0.1) is 5.92 Å². The lowest BCUT2D eigenvalue weighted by Crippen LogP contribution is -2.45. The Labute approximate surface area is 108 Å². The predicted molar refractivity (Wildman–Crippen MR) is 69.4 cm³/mol. The van der Waals surface area contributed by atoms with Gasteiger partial charge in [0, 0.05) is 12.6 Å². The highest BCUT2D eigenvalue weighted by atomic mass is 16.4. The molecule has 0 aromatic rings. The highest BCUT2D eigenvalue weighted by Gasteiger charge is 2.22. The zero-order valence-electron chi connectivity index (χ0n) is 11.2. The van der Waals surface area contributed by atoms with Gasteiger partial charge in [-0.15, -0.1) is 0 Å². The summed E-state index contributed by atoms with van der Waals surface area (Å²) >= 11 is 0. The van der Waals surface area contributed by atoms with E-state index in [2.05, 4.69) is 17.6 Å². The number of aliphatic carboxylic acids is 1. The first-order valence-corrected chi connectivity index (χ1v) is 6.80. The molecular weight excluding hydrogens is 232 g/mol. The van der Waals surface area contributed by atoms with E-state index in [0.29, 0.717) is 5.92 Å². The fraction of sp³-hybridized carbons (Fsp3) is 0.846. The van der Waals surface area contributed by atoms with Gasteiger partial charge >= 0.3 is 12.0 Å². The molecule has 0 heterocycles. The van der Waals surface area contributed by atoms with Crippen molar-refractivity contribution in [3.8, 4) is 0 Å². The molecule has 0 saturated heterocycles. The molecule has 5 heteroatoms. The average molecular weight is 256 g/mol. The van der Waals surface area contributed by atoms with Crippen LogP contribution in [-0.2, 0) is 4.79 Å². The molecule has 1 rings (SSSR count). The summed E-state index contributed by atoms with van der Waals surface area (Å²) in [4.78, 5) is 22.2. The summed E-state index contributed by atoms with van der Waals surface area (Å²) in [5, 5.41) is 14.3. The molecule has 3 unspecified atom stereocenters. The van der Waals surface area contributed by atoms with Crippen LogP contribution in [0.25, 0.3) is 0 Å². The third kappa shape index (κ3) is 4.94. The second kappa shape index (κ2) is 7.24. The van der Waals surface area contributed by atoms with Crippen molar-refractivity contribution in [1.29, 1.82) is 0 Å². The van der Waals surface area contributed by atoms with Crippen LogP contribution >= 0.6 is 0 Å². The van der Waals surface area contributed by atoms with Gasteiger partial charge in [0.25, 0.3) is 0 Å². The van der Waals surface area contributed by atoms with Gasteiger partial charge in [0.2, 0.25) is 0 Å². The normalized spacial score (nSPS) is 25.2. The van der Waals surface area contributed by atoms with E-state index in [-0.39, 0.29) is 18.6 Å². The van der Waals surface area contributed by atoms with Crippen molar-refractivity contribution in [2.75, 3.05) is 6.54 Å². The second-order valence-corrected chi connectivity index (χ2v) is 5.23. The quantitative estimate of drug-likeness (QED) is 0.703. The first-order valence-electron chi connectivity index (χ1n) is 6.80. The van der Waals surface area contributed by atoms with E-state index in [4.69, 9.17) is 5.11 Å². The summed E-state index contributed by atoms with van der Waals surface area (Å²) in [5.41, 5.74) is 0. The maximum atomic E-state index is 11.6. The molecule has 2 amide bonds. The summed E-state index contributed by atoms with van der Waals surface area (Å²) in [7, 11) is 0. The molecular formula is C13H24N2O3. The molecule has 0 bridgehead atoms. The summed E-state index contributed by atoms with van der Waals surface area (Å²) in [6.07, 6.45) is 5.65. The number of amides is 2. The Bertz CT molecular complexity index is 294. The van der Waals surface area contributed by atoms with E-state index in [1.54, 1.807) is 6.92 Å². The summed E-state index contributed by atoms with van der Waals surface area (Å²) in [5.74, 6) is -0.730. The average Bonchev–Trinajstić information content (AvgIpc) is 2.36. The van der Waals surface area contributed by atoms with Gasteiger partial charge in [0.1, 0.15) is 0 Å². The van der Waals surface area contributed by atoms with Gasteiger partial charge in [-0.2, -0.15) is 0 Å². The Morgan fingerprint density at radius 2 is 2.11 bits per heavy atom. The van der Waals surface area contributed by atoms with Crippen molar-refractivity contribution in [3.05, 3.63) is 0 Å². The molecule has 0 spiro atoms. The number of hydrogen-bond donors (Lipinski definition) is 3. The third-order valence-corrected chi connectivity index (χ3v) is 3.69. The first kappa shape index (κ1) is 14.8. The Morgan fingerprint density at radius 1 is 1.39 bits per heavy atom. The van der Waals surface area contributed by atoms with Crippen molar-refractivity contribution in [3.63, 3.8) is 0 Å². The maximum absolute atomic E-state index is 11.6. The second-order valence-electron chi connectivity index (χ2n) is 5.23. The van der Waals surface area contributed by atoms with E-state index in [1.165, 1.54) is 6.42 Å². The zero-order chi connectivity index (χ0) is 13.5. The Kier molecular flexibility index (Phi) is 5.95. The van der Waals surface area contributed by atoms with Crippen LogP contribution in [0.5, 0.6) is 0 Å². The highest BCUT2D eigenvalue weighted by Crippen LogP contribution is 2.26. The van der Waals surface area contributed by atoms with Gasteiger partial charge < -0.3 is 15.7 Å². The molecule has 0 radical (unpaired) electrons. The number of carbonyl (C=O) groups is 2. The molecule has 1 aliphatic rings. The molecule has 5 nitrogen and oxygen atoms in total. The summed E-state index contributed by atoms with van der Waals surface area (Å²) in [6, 6.07) is -0.00585. The smallest absolute Gasteiger partial charge is 0.315 e. The largest absolute Gasteiger partial charge is 0.481 e. The lowest BCUT2D eigenvalue weighted by molar-refractivity contribution is -0.140. The first-order chi connectivity index (χ1) is 8.52. The third-order valence-electron chi connectivity index (χ3n) is 3.69. The summed E-state index contributed by atoms with van der Waals surface area (Å²) < 4.78 is 0. The predicted octanol–water partition coefficient (Wildman–Crippen LogP) is 1.98. The van der Waals surface area contributed by atoms with Crippen LogP contribution < -0.4 is 10.6 Å². The molecule has 1 saturated carbocycles. The number of urea groups is 1. The molecule has 0 aromatic carbocycles. The van der Waals surface area contributed by atoms with E-state index in [0.717, 1.165) is 25.7 Å². The zero-order valence-corrected chi connectivity index (χ0v) is 11.2. The van der Waals surface area contributed by atoms with Crippen LogP contribution in [0.2, 0.25) is 0 Å². The van der Waals surface area contributed by atoms with Crippen LogP contribution in [0.3, 0.4) is 0 Å². The van der Waals surface area contributed by atoms with Crippen LogP contribution in [0.15, 0.2) is 0 Å². The molecule has 1 aliphatic carbocycles. The summed E-state index contributed by atoms with van der Waals surface area (Å²) in [6.45, 7) is 3.93. The van der Waals surface area contributed by atoms with Crippen molar-refractivity contribution in [1.82, 2.24) is 10.6 Å². The van der Waals surface area contributed by atoms with E-state index in [9.17, 15) is 9.59 Å². The molecule has 104 valence electrons. The standard InChI is InChI=1S/C13H24N2O3/c1-3-10-5-4-6-11(7-10)15-13(18)14-8-9(2)12(16)17/h9-11H,3-8H2,1-2H3,(H,16,17)(H2,14,15,18). The van der Waals surface area contributed by atoms with E-state index in [1.807, 2.05) is 0 Å². The number of carboxylic acids is 1. The van der Waals surface area contributed by atoms with Crippen molar-refractivity contribution < 1.29 is 14.7 Å². The number of rotatable bonds is 5. The number of nitrogens with one attached hydrogen (secondary N) is 2. The van der Waals surface area contributed by atoms with Gasteiger partial charge in [0.15, 0.2) is 0 Å². The Hall–Kier alpha value is -1.26. The Balaban J connectivity index is 2.25. The molecule has 0 aromatic heterocycles. The molecule has 1 fully saturated rings. The minimum absolute atomic E-state index is 0.172. The maximum Gasteiger partial charge on any atom is 0.315 e.